The van der Waals surface area contributed by atoms with E-state index in [9.17, 15) is 18.0 Å². The topological polar surface area (TPSA) is 86.2 Å². The van der Waals surface area contributed by atoms with E-state index in [4.69, 9.17) is 16.3 Å². The molecule has 174 valence electrons. The van der Waals surface area contributed by atoms with Crippen LogP contribution in [-0.2, 0) is 6.61 Å². The molecule has 1 N–H and O–H groups in total. The zero-order valence-corrected chi connectivity index (χ0v) is 18.6. The molecule has 0 radical (unpaired) electrons. The highest BCUT2D eigenvalue weighted by Crippen LogP contribution is 2.35. The number of carbonyl (C=O) groups is 1. The molecule has 0 spiro atoms. The van der Waals surface area contributed by atoms with E-state index in [1.54, 1.807) is 24.3 Å². The second-order valence-electron chi connectivity index (χ2n) is 6.66. The van der Waals surface area contributed by atoms with Crippen molar-refractivity contribution >= 4 is 34.0 Å². The van der Waals surface area contributed by atoms with Crippen molar-refractivity contribution in [3.8, 4) is 22.1 Å². The van der Waals surface area contributed by atoms with Crippen LogP contribution in [0.3, 0.4) is 0 Å². The summed E-state index contributed by atoms with van der Waals surface area (Å²) in [5.41, 5.74) is 0.485. The summed E-state index contributed by atoms with van der Waals surface area (Å²) in [5, 5.41) is 11.2. The minimum atomic E-state index is -3.18. The molecule has 0 atom stereocenters. The molecule has 4 aromatic rings. The predicted molar refractivity (Wildman–Crippen MR) is 120 cm³/mol. The van der Waals surface area contributed by atoms with Gasteiger partial charge in [-0.15, -0.1) is 5.10 Å². The lowest BCUT2D eigenvalue weighted by atomic mass is 10.00. The van der Waals surface area contributed by atoms with Crippen LogP contribution in [0.2, 0.25) is 5.02 Å². The fourth-order valence-electron chi connectivity index (χ4n) is 2.96. The van der Waals surface area contributed by atoms with Gasteiger partial charge in [-0.1, -0.05) is 34.9 Å². The lowest BCUT2D eigenvalue weighted by Crippen LogP contribution is -2.14. The highest BCUT2D eigenvalue weighted by atomic mass is 35.5. The van der Waals surface area contributed by atoms with Crippen molar-refractivity contribution in [1.82, 2.24) is 15.2 Å². The third-order valence-electron chi connectivity index (χ3n) is 4.43. The van der Waals surface area contributed by atoms with Crippen LogP contribution >= 0.6 is 22.9 Å². The van der Waals surface area contributed by atoms with Crippen LogP contribution in [0.5, 0.6) is 10.9 Å². The normalized spacial score (nSPS) is 10.9. The maximum absolute atomic E-state index is 14.6. The maximum Gasteiger partial charge on any atom is 0.387 e. The molecule has 4 rings (SSSR count). The van der Waals surface area contributed by atoms with E-state index in [0.717, 1.165) is 23.0 Å². The van der Waals surface area contributed by atoms with Crippen LogP contribution in [0.25, 0.3) is 11.1 Å². The van der Waals surface area contributed by atoms with Crippen LogP contribution in [0.15, 0.2) is 60.9 Å². The third kappa shape index (κ3) is 5.61. The van der Waals surface area contributed by atoms with Crippen LogP contribution in [-0.4, -0.2) is 27.7 Å². The van der Waals surface area contributed by atoms with Gasteiger partial charge in [0.15, 0.2) is 0 Å². The average molecular weight is 507 g/mol. The number of rotatable bonds is 8. The highest BCUT2D eigenvalue weighted by molar-refractivity contribution is 7.17. The molecule has 0 aliphatic rings. The molecule has 0 saturated heterocycles. The Kier molecular flexibility index (Phi) is 7.24. The van der Waals surface area contributed by atoms with Gasteiger partial charge in [0, 0.05) is 23.0 Å². The van der Waals surface area contributed by atoms with Gasteiger partial charge in [0.05, 0.1) is 11.1 Å². The summed E-state index contributed by atoms with van der Waals surface area (Å²) in [6, 6.07) is 11.8. The van der Waals surface area contributed by atoms with E-state index in [1.807, 2.05) is 0 Å². The molecular formula is C22H14ClF3N4O3S. The molecule has 0 saturated carbocycles. The van der Waals surface area contributed by atoms with Crippen molar-refractivity contribution in [2.75, 3.05) is 5.32 Å². The summed E-state index contributed by atoms with van der Waals surface area (Å²) in [7, 11) is 0. The summed E-state index contributed by atoms with van der Waals surface area (Å²) in [6.45, 7) is -2.96. The van der Waals surface area contributed by atoms with E-state index in [1.165, 1.54) is 30.6 Å². The monoisotopic (exact) mass is 506 g/mol. The number of nitrogens with zero attached hydrogens (tertiary/aromatic N) is 3. The van der Waals surface area contributed by atoms with Crippen molar-refractivity contribution in [3.05, 3.63) is 82.9 Å². The second kappa shape index (κ2) is 10.5. The van der Waals surface area contributed by atoms with E-state index in [2.05, 4.69) is 25.2 Å². The van der Waals surface area contributed by atoms with E-state index < -0.39 is 24.1 Å². The van der Waals surface area contributed by atoms with Gasteiger partial charge < -0.3 is 9.47 Å². The fraction of sp³-hybridized carbons (Fsp3) is 0.0909. The van der Waals surface area contributed by atoms with E-state index in [0.29, 0.717) is 5.02 Å². The van der Waals surface area contributed by atoms with Gasteiger partial charge in [0.25, 0.3) is 11.1 Å². The van der Waals surface area contributed by atoms with Crippen molar-refractivity contribution in [3.63, 3.8) is 0 Å². The Hall–Kier alpha value is -3.70. The Morgan fingerprint density at radius 1 is 1.12 bits per heavy atom. The van der Waals surface area contributed by atoms with Gasteiger partial charge in [-0.2, -0.15) is 8.78 Å². The zero-order chi connectivity index (χ0) is 24.1. The summed E-state index contributed by atoms with van der Waals surface area (Å²) >= 11 is 6.83. The van der Waals surface area contributed by atoms with E-state index in [-0.39, 0.29) is 33.6 Å². The minimum absolute atomic E-state index is 0.0296. The van der Waals surface area contributed by atoms with Gasteiger partial charge >= 0.3 is 6.61 Å². The predicted octanol–water partition coefficient (Wildman–Crippen LogP) is 5.83. The Bertz CT molecular complexity index is 1300. The molecule has 2 aromatic heterocycles. The van der Waals surface area contributed by atoms with Crippen LogP contribution in [0.1, 0.15) is 15.9 Å². The summed E-state index contributed by atoms with van der Waals surface area (Å²) in [6.07, 6.45) is 2.50. The molecule has 0 bridgehead atoms. The van der Waals surface area contributed by atoms with Gasteiger partial charge in [-0.05, 0) is 47.2 Å². The zero-order valence-electron chi connectivity index (χ0n) is 17.0. The quantitative estimate of drug-likeness (QED) is 0.324. The number of benzene rings is 2. The number of pyridine rings is 1. The van der Waals surface area contributed by atoms with Gasteiger partial charge in [0.1, 0.15) is 18.2 Å². The van der Waals surface area contributed by atoms with E-state index >= 15 is 0 Å². The third-order valence-corrected chi connectivity index (χ3v) is 5.43. The maximum atomic E-state index is 14.6. The van der Waals surface area contributed by atoms with Crippen molar-refractivity contribution in [1.29, 1.82) is 0 Å². The minimum Gasteiger partial charge on any atom is -0.464 e. The number of halogens is 4. The molecule has 0 fully saturated rings. The standard InChI is InChI=1S/C22H14ClF3N4O3S/c23-13-6-4-12(5-7-13)11-32-22-30-29-21(34-22)28-19(31)14-8-9-27-10-15(14)18-16(24)2-1-3-17(18)33-20(25)26/h1-10,20H,11H2,(H,28,29,31). The smallest absolute Gasteiger partial charge is 0.387 e. The highest BCUT2D eigenvalue weighted by Gasteiger charge is 2.22. The van der Waals surface area contributed by atoms with Crippen molar-refractivity contribution < 1.29 is 27.4 Å². The Balaban J connectivity index is 1.52. The first-order valence-electron chi connectivity index (χ1n) is 9.60. The first-order chi connectivity index (χ1) is 16.4. The number of carbonyl (C=O) groups excluding carboxylic acids is 1. The number of alkyl halides is 2. The fourth-order valence-corrected chi connectivity index (χ4v) is 3.68. The number of ether oxygens (including phenoxy) is 2. The average Bonchev–Trinajstić information content (AvgIpc) is 3.26. The number of nitrogens with one attached hydrogen (secondary N) is 1. The number of anilines is 1. The lowest BCUT2D eigenvalue weighted by Gasteiger charge is -2.14. The first-order valence-corrected chi connectivity index (χ1v) is 10.8. The van der Waals surface area contributed by atoms with Crippen molar-refractivity contribution in [2.24, 2.45) is 0 Å². The molecule has 2 heterocycles. The Morgan fingerprint density at radius 2 is 1.91 bits per heavy atom. The van der Waals surface area contributed by atoms with Crippen molar-refractivity contribution in [2.45, 2.75) is 13.2 Å². The molecule has 0 unspecified atom stereocenters. The molecule has 1 amide bonds. The molecule has 34 heavy (non-hydrogen) atoms. The SMILES string of the molecule is O=C(Nc1nnc(OCc2ccc(Cl)cc2)s1)c1ccncc1-c1c(F)cccc1OC(F)F. The Labute approximate surface area is 200 Å². The summed E-state index contributed by atoms with van der Waals surface area (Å²) < 4.78 is 50.2. The second-order valence-corrected chi connectivity index (χ2v) is 8.03. The lowest BCUT2D eigenvalue weighted by molar-refractivity contribution is -0.0495. The Morgan fingerprint density at radius 3 is 2.68 bits per heavy atom. The van der Waals surface area contributed by atoms with Gasteiger partial charge in [-0.25, -0.2) is 4.39 Å². The molecule has 7 nitrogen and oxygen atoms in total. The van der Waals surface area contributed by atoms with Gasteiger partial charge in [0.2, 0.25) is 5.13 Å². The van der Waals surface area contributed by atoms with Crippen LogP contribution in [0, 0.1) is 5.82 Å². The van der Waals surface area contributed by atoms with Crippen LogP contribution in [0.4, 0.5) is 18.3 Å². The van der Waals surface area contributed by atoms with Crippen LogP contribution < -0.4 is 14.8 Å². The largest absolute Gasteiger partial charge is 0.464 e. The number of hydrogen-bond donors (Lipinski definition) is 1. The molecule has 0 aliphatic carbocycles. The number of aromatic nitrogens is 3. The summed E-state index contributed by atoms with van der Waals surface area (Å²) in [5.74, 6) is -1.95. The summed E-state index contributed by atoms with van der Waals surface area (Å²) in [4.78, 5) is 16.8. The molecule has 0 aliphatic heterocycles. The number of amides is 1. The number of hydrogen-bond acceptors (Lipinski definition) is 7. The molecule has 2 aromatic carbocycles. The molecule has 12 heteroatoms. The van der Waals surface area contributed by atoms with Gasteiger partial charge in [-0.3, -0.25) is 15.1 Å². The first kappa shape index (κ1) is 23.5. The molecular weight excluding hydrogens is 493 g/mol.